The molecule has 0 bridgehead atoms. The van der Waals surface area contributed by atoms with Crippen molar-refractivity contribution >= 4 is 18.0 Å². The number of nitrogens with one attached hydrogen (secondary N) is 1. The van der Waals surface area contributed by atoms with Gasteiger partial charge >= 0.3 is 6.09 Å². The van der Waals surface area contributed by atoms with E-state index in [-0.39, 0.29) is 23.9 Å². The van der Waals surface area contributed by atoms with Gasteiger partial charge in [-0.2, -0.15) is 0 Å². The summed E-state index contributed by atoms with van der Waals surface area (Å²) in [6.45, 7) is 3.69. The summed E-state index contributed by atoms with van der Waals surface area (Å²) in [6.07, 6.45) is 2.00. The Morgan fingerprint density at radius 2 is 1.78 bits per heavy atom. The lowest BCUT2D eigenvalue weighted by Crippen LogP contribution is -2.18. The summed E-state index contributed by atoms with van der Waals surface area (Å²) < 4.78 is 19.2. The minimum atomic E-state index is -0.671. The number of carbonyl (C=O) groups excluding carboxylic acids is 1. The third-order valence-electron chi connectivity index (χ3n) is 4.68. The van der Waals surface area contributed by atoms with Crippen LogP contribution in [-0.4, -0.2) is 17.7 Å². The van der Waals surface area contributed by atoms with Crippen LogP contribution in [-0.2, 0) is 4.74 Å². The fourth-order valence-corrected chi connectivity index (χ4v) is 3.40. The second-order valence-corrected chi connectivity index (χ2v) is 6.25. The first-order valence-corrected chi connectivity index (χ1v) is 8.57. The zero-order valence-corrected chi connectivity index (χ0v) is 14.5. The van der Waals surface area contributed by atoms with Crippen LogP contribution in [0.2, 0.25) is 0 Å². The van der Waals surface area contributed by atoms with E-state index in [2.05, 4.69) is 29.0 Å². The Balaban J connectivity index is 1.48. The quantitative estimate of drug-likeness (QED) is 0.693. The lowest BCUT2D eigenvalue weighted by atomic mass is 9.98. The zero-order valence-electron chi connectivity index (χ0n) is 14.5. The van der Waals surface area contributed by atoms with Crippen molar-refractivity contribution in [2.75, 3.05) is 11.9 Å². The van der Waals surface area contributed by atoms with Crippen LogP contribution in [0.15, 0.2) is 67.4 Å². The summed E-state index contributed by atoms with van der Waals surface area (Å²) in [6, 6.07) is 17.3. The molecule has 134 valence electrons. The maximum atomic E-state index is 13.8. The van der Waals surface area contributed by atoms with Gasteiger partial charge in [0.15, 0.2) is 0 Å². The largest absolute Gasteiger partial charge is 0.448 e. The maximum absolute atomic E-state index is 13.8. The molecule has 1 aliphatic rings. The lowest BCUT2D eigenvalue weighted by Gasteiger charge is -2.14. The van der Waals surface area contributed by atoms with E-state index in [4.69, 9.17) is 4.74 Å². The molecule has 0 spiro atoms. The Kier molecular flexibility index (Phi) is 4.42. The number of pyridine rings is 1. The van der Waals surface area contributed by atoms with Gasteiger partial charge < -0.3 is 4.74 Å². The van der Waals surface area contributed by atoms with Crippen molar-refractivity contribution in [1.29, 1.82) is 0 Å². The molecule has 0 saturated heterocycles. The number of fused-ring (bicyclic) bond motifs is 3. The molecule has 4 nitrogen and oxygen atoms in total. The standard InChI is InChI=1S/C22H17FN2O2/c1-2-14-12-24-21(11-20(14)23)25-22(26)27-13-19-17-9-5-3-7-15(17)16-8-4-6-10-18(16)19/h2-12,19H,1,13H2,(H,24,25,26). The van der Waals surface area contributed by atoms with E-state index in [1.54, 1.807) is 0 Å². The van der Waals surface area contributed by atoms with E-state index < -0.39 is 11.9 Å². The van der Waals surface area contributed by atoms with Gasteiger partial charge in [-0.15, -0.1) is 0 Å². The van der Waals surface area contributed by atoms with Crippen LogP contribution in [0.4, 0.5) is 15.0 Å². The summed E-state index contributed by atoms with van der Waals surface area (Å²) in [4.78, 5) is 16.1. The van der Waals surface area contributed by atoms with E-state index in [0.717, 1.165) is 28.3 Å². The number of benzene rings is 2. The molecule has 1 N–H and O–H groups in total. The van der Waals surface area contributed by atoms with E-state index in [0.29, 0.717) is 0 Å². The Morgan fingerprint density at radius 1 is 1.15 bits per heavy atom. The van der Waals surface area contributed by atoms with Gasteiger partial charge in [0.05, 0.1) is 0 Å². The van der Waals surface area contributed by atoms with Crippen molar-refractivity contribution < 1.29 is 13.9 Å². The number of hydrogen-bond acceptors (Lipinski definition) is 3. The second kappa shape index (κ2) is 7.03. The molecule has 0 fully saturated rings. The first-order valence-electron chi connectivity index (χ1n) is 8.57. The summed E-state index contributed by atoms with van der Waals surface area (Å²) in [5.41, 5.74) is 4.85. The minimum Gasteiger partial charge on any atom is -0.448 e. The summed E-state index contributed by atoms with van der Waals surface area (Å²) >= 11 is 0. The van der Waals surface area contributed by atoms with E-state index in [1.807, 2.05) is 36.4 Å². The highest BCUT2D eigenvalue weighted by Gasteiger charge is 2.29. The predicted octanol–water partition coefficient (Wildman–Crippen LogP) is 5.22. The average molecular weight is 360 g/mol. The number of amides is 1. The Bertz CT molecular complexity index is 987. The van der Waals surface area contributed by atoms with Crippen LogP contribution in [0.3, 0.4) is 0 Å². The number of carbonyl (C=O) groups is 1. The van der Waals surface area contributed by atoms with Gasteiger partial charge in [0.25, 0.3) is 0 Å². The van der Waals surface area contributed by atoms with Crippen molar-refractivity contribution in [3.8, 4) is 11.1 Å². The highest BCUT2D eigenvalue weighted by Crippen LogP contribution is 2.44. The van der Waals surface area contributed by atoms with Crippen molar-refractivity contribution in [2.45, 2.75) is 5.92 Å². The number of aromatic nitrogens is 1. The fourth-order valence-electron chi connectivity index (χ4n) is 3.40. The smallest absolute Gasteiger partial charge is 0.412 e. The fraction of sp³-hybridized carbons (Fsp3) is 0.0909. The number of anilines is 1. The minimum absolute atomic E-state index is 0.0315. The first kappa shape index (κ1) is 17.0. The number of hydrogen-bond donors (Lipinski definition) is 1. The Labute approximate surface area is 156 Å². The molecule has 0 aliphatic heterocycles. The third kappa shape index (κ3) is 3.19. The van der Waals surface area contributed by atoms with Crippen molar-refractivity contribution in [3.63, 3.8) is 0 Å². The Hall–Kier alpha value is -3.47. The van der Waals surface area contributed by atoms with Gasteiger partial charge in [0.1, 0.15) is 18.2 Å². The topological polar surface area (TPSA) is 51.2 Å². The van der Waals surface area contributed by atoms with Crippen LogP contribution in [0.1, 0.15) is 22.6 Å². The molecule has 27 heavy (non-hydrogen) atoms. The highest BCUT2D eigenvalue weighted by atomic mass is 19.1. The van der Waals surface area contributed by atoms with Crippen molar-refractivity contribution in [2.24, 2.45) is 0 Å². The van der Waals surface area contributed by atoms with Gasteiger partial charge in [-0.05, 0) is 22.3 Å². The molecule has 3 aromatic rings. The Morgan fingerprint density at radius 3 is 2.37 bits per heavy atom. The summed E-state index contributed by atoms with van der Waals surface area (Å²) in [5, 5.41) is 2.46. The second-order valence-electron chi connectivity index (χ2n) is 6.25. The average Bonchev–Trinajstić information content (AvgIpc) is 3.00. The van der Waals surface area contributed by atoms with Crippen molar-refractivity contribution in [3.05, 3.63) is 89.9 Å². The number of rotatable bonds is 4. The molecule has 4 rings (SSSR count). The van der Waals surface area contributed by atoms with Crippen LogP contribution in [0.25, 0.3) is 17.2 Å². The monoisotopic (exact) mass is 360 g/mol. The van der Waals surface area contributed by atoms with Gasteiger partial charge in [0.2, 0.25) is 0 Å². The molecular weight excluding hydrogens is 343 g/mol. The molecule has 1 aromatic heterocycles. The van der Waals surface area contributed by atoms with Crippen LogP contribution in [0.5, 0.6) is 0 Å². The normalized spacial score (nSPS) is 12.2. The molecular formula is C22H17FN2O2. The highest BCUT2D eigenvalue weighted by molar-refractivity contribution is 5.84. The van der Waals surface area contributed by atoms with Gasteiger partial charge in [-0.1, -0.05) is 61.2 Å². The molecule has 2 aromatic carbocycles. The van der Waals surface area contributed by atoms with Crippen LogP contribution < -0.4 is 5.32 Å². The molecule has 0 atom stereocenters. The zero-order chi connectivity index (χ0) is 18.8. The summed E-state index contributed by atoms with van der Waals surface area (Å²) in [5.74, 6) is -0.444. The van der Waals surface area contributed by atoms with Crippen molar-refractivity contribution in [1.82, 2.24) is 4.98 Å². The molecule has 1 heterocycles. The first-order chi connectivity index (χ1) is 13.2. The third-order valence-corrected chi connectivity index (χ3v) is 4.68. The maximum Gasteiger partial charge on any atom is 0.412 e. The number of halogens is 1. The van der Waals surface area contributed by atoms with Gasteiger partial charge in [-0.25, -0.2) is 14.2 Å². The van der Waals surface area contributed by atoms with Crippen LogP contribution >= 0.6 is 0 Å². The molecule has 1 aliphatic carbocycles. The molecule has 0 saturated carbocycles. The lowest BCUT2D eigenvalue weighted by molar-refractivity contribution is 0.158. The number of ether oxygens (including phenoxy) is 1. The van der Waals surface area contributed by atoms with E-state index in [9.17, 15) is 9.18 Å². The van der Waals surface area contributed by atoms with E-state index in [1.165, 1.54) is 12.3 Å². The molecule has 5 heteroatoms. The molecule has 0 unspecified atom stereocenters. The summed E-state index contributed by atoms with van der Waals surface area (Å²) in [7, 11) is 0. The van der Waals surface area contributed by atoms with Gasteiger partial charge in [0, 0.05) is 23.7 Å². The molecule has 0 radical (unpaired) electrons. The van der Waals surface area contributed by atoms with Gasteiger partial charge in [-0.3, -0.25) is 5.32 Å². The SMILES string of the molecule is C=Cc1cnc(NC(=O)OCC2c3ccccc3-c3ccccc32)cc1F. The molecule has 1 amide bonds. The number of nitrogens with zero attached hydrogens (tertiary/aromatic N) is 1. The van der Waals surface area contributed by atoms with Crippen LogP contribution in [0, 0.1) is 5.82 Å². The van der Waals surface area contributed by atoms with E-state index >= 15 is 0 Å². The predicted molar refractivity (Wildman–Crippen MR) is 103 cm³/mol.